The highest BCUT2D eigenvalue weighted by Crippen LogP contribution is 2.23. The van der Waals surface area contributed by atoms with E-state index in [1.165, 1.54) is 12.3 Å². The Bertz CT molecular complexity index is 577. The van der Waals surface area contributed by atoms with Gasteiger partial charge in [-0.1, -0.05) is 0 Å². The van der Waals surface area contributed by atoms with E-state index in [9.17, 15) is 14.7 Å². The summed E-state index contributed by atoms with van der Waals surface area (Å²) >= 11 is 0. The summed E-state index contributed by atoms with van der Waals surface area (Å²) in [5, 5.41) is 15.6. The predicted octanol–water partition coefficient (Wildman–Crippen LogP) is 1.26. The molecule has 0 unspecified atom stereocenters. The lowest BCUT2D eigenvalue weighted by molar-refractivity contribution is -0.127. The van der Waals surface area contributed by atoms with Gasteiger partial charge in [0.2, 0.25) is 5.78 Å². The van der Waals surface area contributed by atoms with Crippen molar-refractivity contribution in [2.45, 2.75) is 32.7 Å². The number of rotatable bonds is 6. The average molecular weight is 275 g/mol. The number of ketones is 1. The van der Waals surface area contributed by atoms with E-state index in [-0.39, 0.29) is 17.7 Å². The van der Waals surface area contributed by atoms with E-state index < -0.39 is 5.78 Å². The van der Waals surface area contributed by atoms with Crippen molar-refractivity contribution in [1.82, 2.24) is 10.3 Å². The Morgan fingerprint density at radius 1 is 1.50 bits per heavy atom. The summed E-state index contributed by atoms with van der Waals surface area (Å²) in [5.74, 6) is -0.614. The number of hydrogen-bond acceptors (Lipinski definition) is 6. The molecule has 1 aromatic heterocycles. The normalized spacial score (nSPS) is 15.3. The number of nitrogens with one attached hydrogen (secondary N) is 2. The van der Waals surface area contributed by atoms with Crippen LogP contribution in [0.3, 0.4) is 0 Å². The highest BCUT2D eigenvalue weighted by atomic mass is 16.3. The van der Waals surface area contributed by atoms with Crippen LogP contribution < -0.4 is 10.6 Å². The van der Waals surface area contributed by atoms with E-state index >= 15 is 0 Å². The first kappa shape index (κ1) is 14.0. The molecule has 0 radical (unpaired) electrons. The van der Waals surface area contributed by atoms with Gasteiger partial charge in [-0.05, 0) is 26.7 Å². The third-order valence-corrected chi connectivity index (χ3v) is 3.06. The molecule has 0 saturated heterocycles. The maximum absolute atomic E-state index is 11.7. The van der Waals surface area contributed by atoms with Gasteiger partial charge < -0.3 is 15.7 Å². The summed E-state index contributed by atoms with van der Waals surface area (Å²) in [7, 11) is 0. The number of nitrogens with zero attached hydrogens (tertiary/aromatic N) is 1. The third-order valence-electron chi connectivity index (χ3n) is 3.06. The molecule has 0 aromatic carbocycles. The number of allylic oxidation sites excluding steroid dienone is 2. The van der Waals surface area contributed by atoms with E-state index in [0.717, 1.165) is 12.8 Å². The van der Waals surface area contributed by atoms with E-state index in [4.69, 9.17) is 0 Å². The SMILES string of the molecule is C/C(NC1CC1)=C(/Nc1cnc(C)c(O)c1)C(=O)C=O. The van der Waals surface area contributed by atoms with Crippen molar-refractivity contribution in [2.24, 2.45) is 0 Å². The van der Waals surface area contributed by atoms with Crippen LogP contribution in [-0.2, 0) is 9.59 Å². The molecule has 1 aliphatic carbocycles. The van der Waals surface area contributed by atoms with Crippen LogP contribution in [0.25, 0.3) is 0 Å². The minimum absolute atomic E-state index is 0.0284. The number of aryl methyl sites for hydroxylation is 1. The lowest BCUT2D eigenvalue weighted by Crippen LogP contribution is -2.23. The Kier molecular flexibility index (Phi) is 4.02. The number of hydrogen-bond donors (Lipinski definition) is 3. The van der Waals surface area contributed by atoms with Crippen LogP contribution in [0, 0.1) is 6.92 Å². The molecule has 106 valence electrons. The number of Topliss-reactive ketones (excluding diaryl/α,β-unsaturated/α-hetero) is 1. The van der Waals surface area contributed by atoms with Gasteiger partial charge in [0.15, 0.2) is 6.29 Å². The largest absolute Gasteiger partial charge is 0.506 e. The molecule has 1 saturated carbocycles. The molecule has 1 heterocycles. The van der Waals surface area contributed by atoms with Gasteiger partial charge in [0.05, 0.1) is 17.6 Å². The molecule has 0 aliphatic heterocycles. The first-order valence-corrected chi connectivity index (χ1v) is 6.41. The fraction of sp³-hybridized carbons (Fsp3) is 0.357. The fourth-order valence-electron chi connectivity index (χ4n) is 1.74. The van der Waals surface area contributed by atoms with Gasteiger partial charge in [-0.15, -0.1) is 0 Å². The minimum Gasteiger partial charge on any atom is -0.506 e. The lowest BCUT2D eigenvalue weighted by Gasteiger charge is -2.13. The van der Waals surface area contributed by atoms with Gasteiger partial charge >= 0.3 is 0 Å². The molecular formula is C14H17N3O3. The number of anilines is 1. The van der Waals surface area contributed by atoms with Crippen LogP contribution in [0.15, 0.2) is 23.7 Å². The Morgan fingerprint density at radius 3 is 2.75 bits per heavy atom. The zero-order chi connectivity index (χ0) is 14.7. The number of aromatic hydroxyl groups is 1. The van der Waals surface area contributed by atoms with Crippen molar-refractivity contribution in [3.8, 4) is 5.75 Å². The molecule has 3 N–H and O–H groups in total. The standard InChI is InChI=1S/C14H17N3O3/c1-8-12(19)5-11(6-15-8)17-14(13(20)7-18)9(2)16-10-3-4-10/h5-7,10,16-17,19H,3-4H2,1-2H3/b14-9-. The summed E-state index contributed by atoms with van der Waals surface area (Å²) in [6.07, 6.45) is 3.89. The first-order chi connectivity index (χ1) is 9.51. The summed E-state index contributed by atoms with van der Waals surface area (Å²) in [6, 6.07) is 1.83. The number of carbonyl (C=O) groups excluding carboxylic acids is 2. The molecule has 20 heavy (non-hydrogen) atoms. The molecule has 0 spiro atoms. The van der Waals surface area contributed by atoms with Crippen LogP contribution in [0.2, 0.25) is 0 Å². The number of carbonyl (C=O) groups is 2. The zero-order valence-corrected chi connectivity index (χ0v) is 11.4. The number of aldehydes is 1. The second kappa shape index (κ2) is 5.73. The van der Waals surface area contributed by atoms with Gasteiger partial charge in [0.1, 0.15) is 11.4 Å². The fourth-order valence-corrected chi connectivity index (χ4v) is 1.74. The van der Waals surface area contributed by atoms with E-state index in [2.05, 4.69) is 15.6 Å². The summed E-state index contributed by atoms with van der Waals surface area (Å²) in [6.45, 7) is 3.41. The Morgan fingerprint density at radius 2 is 2.20 bits per heavy atom. The first-order valence-electron chi connectivity index (χ1n) is 6.41. The molecule has 6 nitrogen and oxygen atoms in total. The Hall–Kier alpha value is -2.37. The molecule has 0 amide bonds. The van der Waals surface area contributed by atoms with Crippen molar-refractivity contribution in [1.29, 1.82) is 0 Å². The molecule has 0 bridgehead atoms. The van der Waals surface area contributed by atoms with Gasteiger partial charge in [-0.3, -0.25) is 14.6 Å². The molecule has 2 rings (SSSR count). The minimum atomic E-state index is -0.643. The lowest BCUT2D eigenvalue weighted by atomic mass is 10.2. The van der Waals surface area contributed by atoms with E-state index in [1.54, 1.807) is 13.8 Å². The van der Waals surface area contributed by atoms with Gasteiger partial charge in [0, 0.05) is 17.8 Å². The van der Waals surface area contributed by atoms with Gasteiger partial charge in [0.25, 0.3) is 0 Å². The summed E-state index contributed by atoms with van der Waals surface area (Å²) in [5.41, 5.74) is 1.74. The van der Waals surface area contributed by atoms with Crippen molar-refractivity contribution < 1.29 is 14.7 Å². The second-order valence-corrected chi connectivity index (χ2v) is 4.85. The van der Waals surface area contributed by atoms with Crippen LogP contribution >= 0.6 is 0 Å². The number of pyridine rings is 1. The molecule has 1 fully saturated rings. The topological polar surface area (TPSA) is 91.3 Å². The van der Waals surface area contributed by atoms with Crippen molar-refractivity contribution in [3.05, 3.63) is 29.4 Å². The van der Waals surface area contributed by atoms with Crippen molar-refractivity contribution >= 4 is 17.8 Å². The van der Waals surface area contributed by atoms with Crippen molar-refractivity contribution in [2.75, 3.05) is 5.32 Å². The van der Waals surface area contributed by atoms with Gasteiger partial charge in [-0.25, -0.2) is 0 Å². The summed E-state index contributed by atoms with van der Waals surface area (Å²) in [4.78, 5) is 26.4. The quantitative estimate of drug-likeness (QED) is 0.411. The molecule has 1 aromatic rings. The smallest absolute Gasteiger partial charge is 0.243 e. The monoisotopic (exact) mass is 275 g/mol. The maximum Gasteiger partial charge on any atom is 0.243 e. The van der Waals surface area contributed by atoms with E-state index in [1.807, 2.05) is 0 Å². The van der Waals surface area contributed by atoms with Gasteiger partial charge in [-0.2, -0.15) is 0 Å². The zero-order valence-electron chi connectivity index (χ0n) is 11.4. The van der Waals surface area contributed by atoms with Crippen LogP contribution in [-0.4, -0.2) is 28.2 Å². The Labute approximate surface area is 116 Å². The molecule has 6 heteroatoms. The highest BCUT2D eigenvalue weighted by molar-refractivity contribution is 6.34. The maximum atomic E-state index is 11.7. The molecule has 0 atom stereocenters. The van der Waals surface area contributed by atoms with Crippen LogP contribution in [0.4, 0.5) is 5.69 Å². The Balaban J connectivity index is 2.24. The molecular weight excluding hydrogens is 258 g/mol. The average Bonchev–Trinajstić information content (AvgIpc) is 3.22. The van der Waals surface area contributed by atoms with E-state index in [0.29, 0.717) is 23.1 Å². The molecule has 1 aliphatic rings. The highest BCUT2D eigenvalue weighted by Gasteiger charge is 2.23. The number of aromatic nitrogens is 1. The predicted molar refractivity (Wildman–Crippen MR) is 74.2 cm³/mol. The third kappa shape index (κ3) is 3.34. The summed E-state index contributed by atoms with van der Waals surface area (Å²) < 4.78 is 0. The van der Waals surface area contributed by atoms with Crippen LogP contribution in [0.5, 0.6) is 5.75 Å². The van der Waals surface area contributed by atoms with Crippen LogP contribution in [0.1, 0.15) is 25.5 Å². The second-order valence-electron chi connectivity index (χ2n) is 4.85. The van der Waals surface area contributed by atoms with Crippen molar-refractivity contribution in [3.63, 3.8) is 0 Å².